The number of nitrogens with one attached hydrogen (secondary N) is 3. The van der Waals surface area contributed by atoms with Gasteiger partial charge in [0.1, 0.15) is 0 Å². The van der Waals surface area contributed by atoms with E-state index in [-0.39, 0.29) is 19.1 Å². The number of ether oxygens (including phenoxy) is 1. The molecule has 25 heavy (non-hydrogen) atoms. The second kappa shape index (κ2) is 9.07. The van der Waals surface area contributed by atoms with E-state index >= 15 is 0 Å². The Morgan fingerprint density at radius 3 is 2.16 bits per heavy atom. The van der Waals surface area contributed by atoms with E-state index in [9.17, 15) is 14.4 Å². The summed E-state index contributed by atoms with van der Waals surface area (Å²) in [6, 6.07) is 16.8. The van der Waals surface area contributed by atoms with Gasteiger partial charge >= 0.3 is 6.09 Å². The first-order valence-corrected chi connectivity index (χ1v) is 7.75. The maximum atomic E-state index is 12.0. The number of rotatable bonds is 5. The molecule has 0 fully saturated rings. The Bertz CT molecular complexity index is 730. The van der Waals surface area contributed by atoms with Crippen LogP contribution in [0.4, 0.5) is 4.79 Å². The van der Waals surface area contributed by atoms with E-state index in [0.717, 1.165) is 11.1 Å². The van der Waals surface area contributed by atoms with E-state index in [0.29, 0.717) is 5.56 Å². The minimum absolute atomic E-state index is 0.192. The molecule has 0 atom stereocenters. The summed E-state index contributed by atoms with van der Waals surface area (Å²) >= 11 is 0. The van der Waals surface area contributed by atoms with Crippen molar-refractivity contribution in [3.63, 3.8) is 0 Å². The minimum atomic E-state index is -0.765. The molecule has 3 amide bonds. The molecule has 0 unspecified atom stereocenters. The molecule has 0 bridgehead atoms. The zero-order valence-corrected chi connectivity index (χ0v) is 13.7. The summed E-state index contributed by atoms with van der Waals surface area (Å²) in [7, 11) is 0. The van der Waals surface area contributed by atoms with Gasteiger partial charge in [0.15, 0.2) is 0 Å². The van der Waals surface area contributed by atoms with Gasteiger partial charge in [-0.3, -0.25) is 15.0 Å². The third-order valence-corrected chi connectivity index (χ3v) is 3.24. The van der Waals surface area contributed by atoms with Crippen molar-refractivity contribution in [3.05, 3.63) is 60.2 Å². The third kappa shape index (κ3) is 5.65. The fourth-order valence-corrected chi connectivity index (χ4v) is 2.04. The van der Waals surface area contributed by atoms with Crippen molar-refractivity contribution < 1.29 is 19.1 Å². The first kappa shape index (κ1) is 18.0. The molecule has 0 radical (unpaired) electrons. The van der Waals surface area contributed by atoms with Crippen molar-refractivity contribution in [3.8, 4) is 11.1 Å². The van der Waals surface area contributed by atoms with Gasteiger partial charge in [0.2, 0.25) is 0 Å². The van der Waals surface area contributed by atoms with Crippen LogP contribution >= 0.6 is 0 Å². The molecule has 2 rings (SSSR count). The molecule has 130 valence electrons. The Morgan fingerprint density at radius 1 is 0.880 bits per heavy atom. The predicted molar refractivity (Wildman–Crippen MR) is 92.5 cm³/mol. The van der Waals surface area contributed by atoms with Crippen LogP contribution in [-0.4, -0.2) is 31.1 Å². The van der Waals surface area contributed by atoms with Crippen LogP contribution in [0.1, 0.15) is 17.3 Å². The molecule has 0 saturated carbocycles. The topological polar surface area (TPSA) is 96.5 Å². The summed E-state index contributed by atoms with van der Waals surface area (Å²) in [5, 5.41) is 2.47. The van der Waals surface area contributed by atoms with Crippen LogP contribution in [-0.2, 0) is 9.53 Å². The number of carbonyl (C=O) groups excluding carboxylic acids is 3. The average molecular weight is 341 g/mol. The molecule has 0 heterocycles. The number of hydrogen-bond acceptors (Lipinski definition) is 4. The molecule has 7 heteroatoms. The fraction of sp³-hybridized carbons (Fsp3) is 0.167. The molecule has 0 aliphatic heterocycles. The van der Waals surface area contributed by atoms with Crippen LogP contribution in [0.2, 0.25) is 0 Å². The summed E-state index contributed by atoms with van der Waals surface area (Å²) in [4.78, 5) is 34.6. The highest BCUT2D eigenvalue weighted by Crippen LogP contribution is 2.19. The largest absolute Gasteiger partial charge is 0.449 e. The molecule has 0 aliphatic rings. The molecule has 7 nitrogen and oxygen atoms in total. The molecule has 2 aromatic rings. The fourth-order valence-electron chi connectivity index (χ4n) is 2.04. The summed E-state index contributed by atoms with van der Waals surface area (Å²) in [5.41, 5.74) is 6.67. The summed E-state index contributed by atoms with van der Waals surface area (Å²) < 4.78 is 4.58. The van der Waals surface area contributed by atoms with Crippen molar-refractivity contribution in [2.45, 2.75) is 6.92 Å². The van der Waals surface area contributed by atoms with Gasteiger partial charge in [0.25, 0.3) is 11.8 Å². The number of hydrogen-bond donors (Lipinski definition) is 3. The number of benzene rings is 2. The highest BCUT2D eigenvalue weighted by Gasteiger charge is 2.09. The van der Waals surface area contributed by atoms with Gasteiger partial charge in [-0.05, 0) is 30.2 Å². The van der Waals surface area contributed by atoms with E-state index in [1.165, 1.54) is 0 Å². The molecule has 2 aromatic carbocycles. The van der Waals surface area contributed by atoms with Gasteiger partial charge in [0, 0.05) is 5.56 Å². The smallest absolute Gasteiger partial charge is 0.426 e. The maximum Gasteiger partial charge on any atom is 0.426 e. The summed E-state index contributed by atoms with van der Waals surface area (Å²) in [5.74, 6) is -0.951. The predicted octanol–water partition coefficient (Wildman–Crippen LogP) is 1.86. The van der Waals surface area contributed by atoms with E-state index < -0.39 is 12.0 Å². The van der Waals surface area contributed by atoms with Gasteiger partial charge in [0.05, 0.1) is 13.2 Å². The third-order valence-electron chi connectivity index (χ3n) is 3.24. The van der Waals surface area contributed by atoms with Crippen LogP contribution in [0, 0.1) is 0 Å². The van der Waals surface area contributed by atoms with Crippen molar-refractivity contribution in [2.75, 3.05) is 13.2 Å². The summed E-state index contributed by atoms with van der Waals surface area (Å²) in [6.07, 6.45) is -0.765. The minimum Gasteiger partial charge on any atom is -0.449 e. The van der Waals surface area contributed by atoms with Crippen molar-refractivity contribution in [2.24, 2.45) is 0 Å². The quantitative estimate of drug-likeness (QED) is 0.723. The lowest BCUT2D eigenvalue weighted by Gasteiger charge is -2.08. The molecule has 0 saturated heterocycles. The molecule has 0 aromatic heterocycles. The lowest BCUT2D eigenvalue weighted by Crippen LogP contribution is -2.46. The summed E-state index contributed by atoms with van der Waals surface area (Å²) in [6.45, 7) is 1.56. The Kier molecular flexibility index (Phi) is 6.53. The molecular formula is C18H19N3O4. The Morgan fingerprint density at radius 2 is 1.52 bits per heavy atom. The number of carbonyl (C=O) groups is 3. The van der Waals surface area contributed by atoms with E-state index in [4.69, 9.17) is 0 Å². The Hall–Kier alpha value is -3.35. The normalized spacial score (nSPS) is 9.80. The Labute approximate surface area is 145 Å². The van der Waals surface area contributed by atoms with Crippen LogP contribution in [0.3, 0.4) is 0 Å². The molecule has 3 N–H and O–H groups in total. The monoisotopic (exact) mass is 341 g/mol. The molecule has 0 aliphatic carbocycles. The van der Waals surface area contributed by atoms with E-state index in [1.54, 1.807) is 19.1 Å². The zero-order chi connectivity index (χ0) is 18.1. The van der Waals surface area contributed by atoms with Gasteiger partial charge < -0.3 is 10.1 Å². The van der Waals surface area contributed by atoms with Crippen LogP contribution in [0.25, 0.3) is 11.1 Å². The Balaban J connectivity index is 1.83. The van der Waals surface area contributed by atoms with Crippen LogP contribution in [0.5, 0.6) is 0 Å². The SMILES string of the molecule is CCOC(=O)NNC(=O)CNC(=O)c1ccc(-c2ccccc2)cc1. The van der Waals surface area contributed by atoms with Crippen LogP contribution < -0.4 is 16.2 Å². The number of amides is 3. The van der Waals surface area contributed by atoms with Gasteiger partial charge in [-0.15, -0.1) is 0 Å². The van der Waals surface area contributed by atoms with E-state index in [2.05, 4.69) is 20.9 Å². The van der Waals surface area contributed by atoms with Crippen LogP contribution in [0.15, 0.2) is 54.6 Å². The highest BCUT2D eigenvalue weighted by molar-refractivity contribution is 5.97. The molecule has 0 spiro atoms. The first-order valence-electron chi connectivity index (χ1n) is 7.75. The number of hydrazine groups is 1. The second-order valence-electron chi connectivity index (χ2n) is 5.02. The van der Waals surface area contributed by atoms with Crippen molar-refractivity contribution >= 4 is 17.9 Å². The second-order valence-corrected chi connectivity index (χ2v) is 5.02. The van der Waals surface area contributed by atoms with E-state index in [1.807, 2.05) is 42.5 Å². The average Bonchev–Trinajstić information content (AvgIpc) is 2.65. The lowest BCUT2D eigenvalue weighted by atomic mass is 10.0. The standard InChI is InChI=1S/C18H19N3O4/c1-2-25-18(24)21-20-16(22)12-19-17(23)15-10-8-14(9-11-15)13-6-4-3-5-7-13/h3-11H,2,12H2,1H3,(H,19,23)(H,20,22)(H,21,24). The first-order chi connectivity index (χ1) is 12.1. The zero-order valence-electron chi connectivity index (χ0n) is 13.7. The van der Waals surface area contributed by atoms with Crippen molar-refractivity contribution in [1.29, 1.82) is 0 Å². The molecular weight excluding hydrogens is 322 g/mol. The maximum absolute atomic E-state index is 12.0. The highest BCUT2D eigenvalue weighted by atomic mass is 16.5. The van der Waals surface area contributed by atoms with Gasteiger partial charge in [-0.25, -0.2) is 10.2 Å². The lowest BCUT2D eigenvalue weighted by molar-refractivity contribution is -0.121. The van der Waals surface area contributed by atoms with Crippen molar-refractivity contribution in [1.82, 2.24) is 16.2 Å². The van der Waals surface area contributed by atoms with Gasteiger partial charge in [-0.1, -0.05) is 42.5 Å². The van der Waals surface area contributed by atoms with Gasteiger partial charge in [-0.2, -0.15) is 0 Å².